The van der Waals surface area contributed by atoms with Gasteiger partial charge in [0.25, 0.3) is 0 Å². The zero-order valence-electron chi connectivity index (χ0n) is 16.6. The van der Waals surface area contributed by atoms with Gasteiger partial charge in [-0.05, 0) is 63.0 Å². The van der Waals surface area contributed by atoms with Gasteiger partial charge in [0.05, 0.1) is 5.69 Å². The molecule has 1 aromatic heterocycles. The second-order valence-corrected chi connectivity index (χ2v) is 7.45. The Labute approximate surface area is 152 Å². The van der Waals surface area contributed by atoms with Crippen LogP contribution in [-0.2, 0) is 7.05 Å². The monoisotopic (exact) mass is 331 g/mol. The van der Waals surface area contributed by atoms with E-state index in [0.717, 1.165) is 0 Å². The van der Waals surface area contributed by atoms with Crippen LogP contribution in [0.4, 0.5) is 0 Å². The van der Waals surface area contributed by atoms with Crippen LogP contribution in [0.25, 0.3) is 5.57 Å². The molecule has 2 aromatic rings. The Balaban J connectivity index is 2.40. The van der Waals surface area contributed by atoms with Crippen molar-refractivity contribution in [1.82, 2.24) is 4.57 Å². The van der Waals surface area contributed by atoms with Crippen LogP contribution in [0.5, 0.6) is 0 Å². The van der Waals surface area contributed by atoms with E-state index in [1.165, 1.54) is 50.4 Å². The predicted molar refractivity (Wildman–Crippen MR) is 109 cm³/mol. The van der Waals surface area contributed by atoms with Gasteiger partial charge in [-0.2, -0.15) is 0 Å². The van der Waals surface area contributed by atoms with Crippen LogP contribution in [0.15, 0.2) is 64.8 Å². The van der Waals surface area contributed by atoms with E-state index in [2.05, 4.69) is 95.6 Å². The Morgan fingerprint density at radius 2 is 1.60 bits per heavy atom. The number of rotatable bonds is 2. The third kappa shape index (κ3) is 2.93. The van der Waals surface area contributed by atoms with Crippen LogP contribution in [0.3, 0.4) is 0 Å². The lowest BCUT2D eigenvalue weighted by Gasteiger charge is -2.29. The fourth-order valence-electron chi connectivity index (χ4n) is 4.14. The summed E-state index contributed by atoms with van der Waals surface area (Å²) in [6, 6.07) is 13.1. The molecule has 0 N–H and O–H groups in total. The van der Waals surface area contributed by atoms with Gasteiger partial charge in [0, 0.05) is 24.2 Å². The van der Waals surface area contributed by atoms with E-state index in [-0.39, 0.29) is 0 Å². The molecule has 0 saturated carbocycles. The summed E-state index contributed by atoms with van der Waals surface area (Å²) in [4.78, 5) is 0. The van der Waals surface area contributed by atoms with Gasteiger partial charge in [0.2, 0.25) is 0 Å². The number of hydrogen-bond acceptors (Lipinski definition) is 0. The zero-order chi connectivity index (χ0) is 18.3. The third-order valence-electron chi connectivity index (χ3n) is 5.79. The smallest absolute Gasteiger partial charge is 0.0518 e. The molecule has 0 bridgehead atoms. The van der Waals surface area contributed by atoms with Gasteiger partial charge in [0.15, 0.2) is 0 Å². The number of aryl methyl sites for hydroxylation is 2. The first kappa shape index (κ1) is 17.5. The summed E-state index contributed by atoms with van der Waals surface area (Å²) in [6.07, 6.45) is 2.35. The molecule has 130 valence electrons. The minimum atomic E-state index is 0.426. The van der Waals surface area contributed by atoms with Crippen molar-refractivity contribution < 1.29 is 0 Å². The molecule has 1 aliphatic carbocycles. The summed E-state index contributed by atoms with van der Waals surface area (Å²) in [5.41, 5.74) is 12.4. The highest BCUT2D eigenvalue weighted by atomic mass is 15.0. The quantitative estimate of drug-likeness (QED) is 0.602. The van der Waals surface area contributed by atoms with Crippen LogP contribution < -0.4 is 0 Å². The van der Waals surface area contributed by atoms with E-state index in [1.54, 1.807) is 0 Å². The molecule has 1 atom stereocenters. The Bertz CT molecular complexity index is 901. The van der Waals surface area contributed by atoms with E-state index in [9.17, 15) is 0 Å². The van der Waals surface area contributed by atoms with Crippen LogP contribution in [0.2, 0.25) is 0 Å². The molecule has 0 amide bonds. The van der Waals surface area contributed by atoms with E-state index < -0.39 is 0 Å². The molecule has 3 rings (SSSR count). The number of aromatic nitrogens is 1. The van der Waals surface area contributed by atoms with Gasteiger partial charge in [0.1, 0.15) is 0 Å². The van der Waals surface area contributed by atoms with Crippen LogP contribution in [0, 0.1) is 19.8 Å². The number of allylic oxidation sites excluding steroid dienone is 5. The molecule has 0 fully saturated rings. The van der Waals surface area contributed by atoms with Gasteiger partial charge >= 0.3 is 0 Å². The first-order valence-corrected chi connectivity index (χ1v) is 9.11. The lowest BCUT2D eigenvalue weighted by Crippen LogP contribution is -2.13. The SMILES string of the molecule is CC1=CC(C)=C(C)C(C)C1=C(c1ccccc1)c1c(C)cc(C)n1C. The lowest BCUT2D eigenvalue weighted by atomic mass is 9.77. The van der Waals surface area contributed by atoms with E-state index in [0.29, 0.717) is 5.92 Å². The van der Waals surface area contributed by atoms with Crippen molar-refractivity contribution in [2.75, 3.05) is 0 Å². The van der Waals surface area contributed by atoms with E-state index >= 15 is 0 Å². The maximum atomic E-state index is 2.35. The number of hydrogen-bond donors (Lipinski definition) is 0. The summed E-state index contributed by atoms with van der Waals surface area (Å²) in [5.74, 6) is 0.426. The maximum Gasteiger partial charge on any atom is 0.0518 e. The van der Waals surface area contributed by atoms with Crippen molar-refractivity contribution in [3.05, 3.63) is 87.3 Å². The molecule has 1 aromatic carbocycles. The Morgan fingerprint density at radius 3 is 2.16 bits per heavy atom. The van der Waals surface area contributed by atoms with Crippen LogP contribution in [0.1, 0.15) is 50.2 Å². The Morgan fingerprint density at radius 1 is 0.960 bits per heavy atom. The molecule has 25 heavy (non-hydrogen) atoms. The molecule has 0 spiro atoms. The molecule has 0 saturated heterocycles. The predicted octanol–water partition coefficient (Wildman–Crippen LogP) is 6.38. The van der Waals surface area contributed by atoms with Crippen molar-refractivity contribution in [3.63, 3.8) is 0 Å². The van der Waals surface area contributed by atoms with Crippen molar-refractivity contribution >= 4 is 5.57 Å². The molecule has 0 radical (unpaired) electrons. The summed E-state index contributed by atoms with van der Waals surface area (Å²) >= 11 is 0. The van der Waals surface area contributed by atoms with Crippen LogP contribution in [-0.4, -0.2) is 4.57 Å². The molecule has 1 heterocycles. The molecule has 0 aliphatic heterocycles. The Hall–Kier alpha value is -2.28. The lowest BCUT2D eigenvalue weighted by molar-refractivity contribution is 0.782. The molecular formula is C24H29N. The topological polar surface area (TPSA) is 4.93 Å². The summed E-state index contributed by atoms with van der Waals surface area (Å²) in [6.45, 7) is 13.5. The molecule has 1 aliphatic rings. The van der Waals surface area contributed by atoms with Gasteiger partial charge < -0.3 is 4.57 Å². The summed E-state index contributed by atoms with van der Waals surface area (Å²) in [7, 11) is 2.18. The van der Waals surface area contributed by atoms with E-state index in [4.69, 9.17) is 0 Å². The van der Waals surface area contributed by atoms with Gasteiger partial charge in [-0.25, -0.2) is 0 Å². The number of nitrogens with zero attached hydrogens (tertiary/aromatic N) is 1. The van der Waals surface area contributed by atoms with Crippen molar-refractivity contribution in [1.29, 1.82) is 0 Å². The maximum absolute atomic E-state index is 2.35. The first-order valence-electron chi connectivity index (χ1n) is 9.11. The summed E-state index contributed by atoms with van der Waals surface area (Å²) < 4.78 is 2.34. The minimum absolute atomic E-state index is 0.426. The standard InChI is InChI=1S/C24H29N/c1-15-13-16(2)22(20(6)19(15)5)23(21-11-9-8-10-12-21)24-17(3)14-18(4)25(24)7/h8-14,20H,1-7H3. The third-order valence-corrected chi connectivity index (χ3v) is 5.79. The minimum Gasteiger partial charge on any atom is -0.348 e. The van der Waals surface area contributed by atoms with Crippen molar-refractivity contribution in [2.45, 2.75) is 41.5 Å². The highest BCUT2D eigenvalue weighted by molar-refractivity contribution is 5.86. The fraction of sp³-hybridized carbons (Fsp3) is 0.333. The molecular weight excluding hydrogens is 302 g/mol. The number of benzene rings is 1. The largest absolute Gasteiger partial charge is 0.348 e. The first-order chi connectivity index (χ1) is 11.8. The average molecular weight is 332 g/mol. The second-order valence-electron chi connectivity index (χ2n) is 7.45. The zero-order valence-corrected chi connectivity index (χ0v) is 16.6. The van der Waals surface area contributed by atoms with Crippen LogP contribution >= 0.6 is 0 Å². The molecule has 1 nitrogen and oxygen atoms in total. The fourth-order valence-corrected chi connectivity index (χ4v) is 4.14. The highest BCUT2D eigenvalue weighted by Crippen LogP contribution is 2.42. The molecule has 1 unspecified atom stereocenters. The normalized spacial score (nSPS) is 20.0. The summed E-state index contributed by atoms with van der Waals surface area (Å²) in [5, 5.41) is 0. The van der Waals surface area contributed by atoms with Gasteiger partial charge in [-0.15, -0.1) is 0 Å². The molecule has 1 heteroatoms. The van der Waals surface area contributed by atoms with Gasteiger partial charge in [-0.3, -0.25) is 0 Å². The van der Waals surface area contributed by atoms with Gasteiger partial charge in [-0.1, -0.05) is 54.5 Å². The second kappa shape index (κ2) is 6.55. The average Bonchev–Trinajstić information content (AvgIpc) is 2.83. The Kier molecular flexibility index (Phi) is 4.60. The van der Waals surface area contributed by atoms with Crippen molar-refractivity contribution in [3.8, 4) is 0 Å². The highest BCUT2D eigenvalue weighted by Gasteiger charge is 2.26. The van der Waals surface area contributed by atoms with Crippen molar-refractivity contribution in [2.24, 2.45) is 13.0 Å². The van der Waals surface area contributed by atoms with E-state index in [1.807, 2.05) is 0 Å².